The van der Waals surface area contributed by atoms with Crippen LogP contribution in [-0.2, 0) is 0 Å². The van der Waals surface area contributed by atoms with Crippen LogP contribution in [0.25, 0.3) is 0 Å². The Morgan fingerprint density at radius 1 is 1.38 bits per heavy atom. The lowest BCUT2D eigenvalue weighted by Gasteiger charge is -2.26. The summed E-state index contributed by atoms with van der Waals surface area (Å²) in [4.78, 5) is 2.55. The molecule has 0 saturated carbocycles. The van der Waals surface area contributed by atoms with Crippen LogP contribution in [0.2, 0.25) is 0 Å². The Labute approximate surface area is 98.4 Å². The van der Waals surface area contributed by atoms with Gasteiger partial charge in [-0.15, -0.1) is 0 Å². The summed E-state index contributed by atoms with van der Waals surface area (Å²) < 4.78 is 0. The first kappa shape index (κ1) is 11.5. The van der Waals surface area contributed by atoms with Crippen LogP contribution in [0.15, 0.2) is 24.3 Å². The number of hydrogen-bond donors (Lipinski definition) is 1. The van der Waals surface area contributed by atoms with E-state index in [1.54, 1.807) is 0 Å². The monoisotopic (exact) mass is 218 g/mol. The molecule has 1 unspecified atom stereocenters. The van der Waals surface area contributed by atoms with Crippen molar-refractivity contribution in [2.75, 3.05) is 18.8 Å². The highest BCUT2D eigenvalue weighted by molar-refractivity contribution is 5.41. The second-order valence-electron chi connectivity index (χ2n) is 5.73. The number of benzene rings is 1. The summed E-state index contributed by atoms with van der Waals surface area (Å²) in [6, 6.07) is 8.74. The first-order chi connectivity index (χ1) is 7.48. The number of nitrogens with two attached hydrogens (primary N) is 1. The first-order valence-corrected chi connectivity index (χ1v) is 6.07. The molecule has 1 heterocycles. The van der Waals surface area contributed by atoms with E-state index in [9.17, 15) is 0 Å². The van der Waals surface area contributed by atoms with Gasteiger partial charge in [-0.1, -0.05) is 26.0 Å². The molecule has 1 aromatic carbocycles. The molecule has 2 N–H and O–H groups in total. The van der Waals surface area contributed by atoms with Crippen molar-refractivity contribution in [1.82, 2.24) is 4.90 Å². The van der Waals surface area contributed by atoms with Gasteiger partial charge in [-0.3, -0.25) is 4.90 Å². The molecule has 16 heavy (non-hydrogen) atoms. The Balaban J connectivity index is 2.11. The molecular weight excluding hydrogens is 196 g/mol. The summed E-state index contributed by atoms with van der Waals surface area (Å²) in [6.07, 6.45) is 1.29. The van der Waals surface area contributed by atoms with Crippen LogP contribution in [0.5, 0.6) is 0 Å². The van der Waals surface area contributed by atoms with Crippen molar-refractivity contribution in [3.05, 3.63) is 29.8 Å². The third-order valence-electron chi connectivity index (χ3n) is 3.65. The molecule has 1 fully saturated rings. The van der Waals surface area contributed by atoms with Gasteiger partial charge in [0.15, 0.2) is 0 Å². The Hall–Kier alpha value is -1.02. The highest BCUT2D eigenvalue weighted by atomic mass is 15.2. The predicted octanol–water partition coefficient (Wildman–Crippen LogP) is 3.06. The quantitative estimate of drug-likeness (QED) is 0.773. The van der Waals surface area contributed by atoms with E-state index >= 15 is 0 Å². The summed E-state index contributed by atoms with van der Waals surface area (Å²) in [5.74, 6) is 0. The molecule has 0 spiro atoms. The molecule has 2 heteroatoms. The van der Waals surface area contributed by atoms with Gasteiger partial charge in [-0.05, 0) is 43.0 Å². The number of nitrogens with zero attached hydrogens (tertiary/aromatic N) is 1. The minimum absolute atomic E-state index is 0.467. The minimum atomic E-state index is 0.467. The maximum atomic E-state index is 5.83. The lowest BCUT2D eigenvalue weighted by molar-refractivity contribution is 0.233. The van der Waals surface area contributed by atoms with E-state index in [0.29, 0.717) is 11.5 Å². The van der Waals surface area contributed by atoms with Gasteiger partial charge >= 0.3 is 0 Å². The molecule has 1 aromatic rings. The zero-order valence-electron chi connectivity index (χ0n) is 10.5. The van der Waals surface area contributed by atoms with E-state index in [0.717, 1.165) is 5.69 Å². The SMILES string of the molecule is CC(c1cccc(N)c1)N1CCC(C)(C)C1. The molecule has 0 aliphatic carbocycles. The fraction of sp³-hybridized carbons (Fsp3) is 0.571. The Morgan fingerprint density at radius 3 is 2.69 bits per heavy atom. The molecule has 1 saturated heterocycles. The van der Waals surface area contributed by atoms with Crippen molar-refractivity contribution < 1.29 is 0 Å². The summed E-state index contributed by atoms with van der Waals surface area (Å²) in [7, 11) is 0. The van der Waals surface area contributed by atoms with E-state index < -0.39 is 0 Å². The maximum absolute atomic E-state index is 5.83. The standard InChI is InChI=1S/C14H22N2/c1-11(12-5-4-6-13(15)9-12)16-8-7-14(2,3)10-16/h4-6,9,11H,7-8,10,15H2,1-3H3. The number of likely N-dealkylation sites (tertiary alicyclic amines) is 1. The van der Waals surface area contributed by atoms with Gasteiger partial charge in [0.1, 0.15) is 0 Å². The zero-order chi connectivity index (χ0) is 11.8. The van der Waals surface area contributed by atoms with E-state index in [2.05, 4.69) is 37.8 Å². The second kappa shape index (κ2) is 4.10. The van der Waals surface area contributed by atoms with Crippen molar-refractivity contribution in [3.8, 4) is 0 Å². The summed E-state index contributed by atoms with van der Waals surface area (Å²) in [5.41, 5.74) is 8.49. The van der Waals surface area contributed by atoms with Crippen molar-refractivity contribution in [3.63, 3.8) is 0 Å². The highest BCUT2D eigenvalue weighted by Crippen LogP contribution is 2.34. The molecule has 2 rings (SSSR count). The van der Waals surface area contributed by atoms with Crippen molar-refractivity contribution in [1.29, 1.82) is 0 Å². The van der Waals surface area contributed by atoms with Gasteiger partial charge in [0.05, 0.1) is 0 Å². The average Bonchev–Trinajstić information content (AvgIpc) is 2.58. The van der Waals surface area contributed by atoms with Crippen molar-refractivity contribution in [2.45, 2.75) is 33.2 Å². The van der Waals surface area contributed by atoms with Crippen LogP contribution in [-0.4, -0.2) is 18.0 Å². The van der Waals surface area contributed by atoms with Crippen molar-refractivity contribution >= 4 is 5.69 Å². The van der Waals surface area contributed by atoms with Crippen LogP contribution in [0.4, 0.5) is 5.69 Å². The Bertz CT molecular complexity index is 371. The molecule has 2 nitrogen and oxygen atoms in total. The van der Waals surface area contributed by atoms with Crippen LogP contribution < -0.4 is 5.73 Å². The lowest BCUT2D eigenvalue weighted by Crippen LogP contribution is -2.26. The fourth-order valence-corrected chi connectivity index (χ4v) is 2.51. The normalized spacial score (nSPS) is 22.2. The Kier molecular flexibility index (Phi) is 2.94. The minimum Gasteiger partial charge on any atom is -0.399 e. The number of rotatable bonds is 2. The number of anilines is 1. The molecule has 0 aromatic heterocycles. The fourth-order valence-electron chi connectivity index (χ4n) is 2.51. The first-order valence-electron chi connectivity index (χ1n) is 6.07. The van der Waals surface area contributed by atoms with E-state index in [-0.39, 0.29) is 0 Å². The van der Waals surface area contributed by atoms with E-state index in [1.165, 1.54) is 25.1 Å². The zero-order valence-corrected chi connectivity index (χ0v) is 10.5. The summed E-state index contributed by atoms with van der Waals surface area (Å²) >= 11 is 0. The van der Waals surface area contributed by atoms with Crippen LogP contribution >= 0.6 is 0 Å². The molecular formula is C14H22N2. The van der Waals surface area contributed by atoms with E-state index in [1.807, 2.05) is 12.1 Å². The Morgan fingerprint density at radius 2 is 2.12 bits per heavy atom. The third-order valence-corrected chi connectivity index (χ3v) is 3.65. The van der Waals surface area contributed by atoms with Gasteiger partial charge in [-0.2, -0.15) is 0 Å². The molecule has 1 aliphatic rings. The molecule has 88 valence electrons. The average molecular weight is 218 g/mol. The van der Waals surface area contributed by atoms with E-state index in [4.69, 9.17) is 5.73 Å². The van der Waals surface area contributed by atoms with Gasteiger partial charge in [-0.25, -0.2) is 0 Å². The molecule has 0 radical (unpaired) electrons. The third kappa shape index (κ3) is 2.38. The van der Waals surface area contributed by atoms with Gasteiger partial charge < -0.3 is 5.73 Å². The molecule has 0 amide bonds. The molecule has 1 aliphatic heterocycles. The van der Waals surface area contributed by atoms with Gasteiger partial charge in [0.2, 0.25) is 0 Å². The maximum Gasteiger partial charge on any atom is 0.0320 e. The number of nitrogen functional groups attached to an aromatic ring is 1. The largest absolute Gasteiger partial charge is 0.399 e. The summed E-state index contributed by atoms with van der Waals surface area (Å²) in [5, 5.41) is 0. The van der Waals surface area contributed by atoms with Gasteiger partial charge in [0, 0.05) is 18.3 Å². The van der Waals surface area contributed by atoms with Crippen LogP contribution in [0.1, 0.15) is 38.8 Å². The van der Waals surface area contributed by atoms with Gasteiger partial charge in [0.25, 0.3) is 0 Å². The predicted molar refractivity (Wildman–Crippen MR) is 69.2 cm³/mol. The second-order valence-corrected chi connectivity index (χ2v) is 5.73. The molecule has 1 atom stereocenters. The van der Waals surface area contributed by atoms with Crippen LogP contribution in [0.3, 0.4) is 0 Å². The van der Waals surface area contributed by atoms with Crippen LogP contribution in [0, 0.1) is 5.41 Å². The highest BCUT2D eigenvalue weighted by Gasteiger charge is 2.31. The number of hydrogen-bond acceptors (Lipinski definition) is 2. The lowest BCUT2D eigenvalue weighted by atomic mass is 9.93. The molecule has 0 bridgehead atoms. The summed E-state index contributed by atoms with van der Waals surface area (Å²) in [6.45, 7) is 9.35. The topological polar surface area (TPSA) is 29.3 Å². The smallest absolute Gasteiger partial charge is 0.0320 e. The van der Waals surface area contributed by atoms with Crippen molar-refractivity contribution in [2.24, 2.45) is 5.41 Å².